The van der Waals surface area contributed by atoms with Crippen LogP contribution in [-0.2, 0) is 9.53 Å². The van der Waals surface area contributed by atoms with Gasteiger partial charge in [-0.2, -0.15) is 11.8 Å². The Kier molecular flexibility index (Phi) is 4.14. The molecule has 0 bridgehead atoms. The molecule has 1 N–H and O–H groups in total. The fourth-order valence-electron chi connectivity index (χ4n) is 2.11. The first-order chi connectivity index (χ1) is 7.74. The Balaban J connectivity index is 1.74. The van der Waals surface area contributed by atoms with Crippen LogP contribution in [0.4, 0.5) is 0 Å². The third kappa shape index (κ3) is 3.39. The molecule has 1 aliphatic heterocycles. The summed E-state index contributed by atoms with van der Waals surface area (Å²) in [6.45, 7) is 0.690. The van der Waals surface area contributed by atoms with Crippen molar-refractivity contribution >= 4 is 17.7 Å². The molecule has 0 aromatic heterocycles. The van der Waals surface area contributed by atoms with Crippen molar-refractivity contribution in [1.82, 2.24) is 5.32 Å². The van der Waals surface area contributed by atoms with E-state index in [2.05, 4.69) is 5.32 Å². The fourth-order valence-corrected chi connectivity index (χ4v) is 3.35. The summed E-state index contributed by atoms with van der Waals surface area (Å²) in [6.07, 6.45) is 5.29. The minimum atomic E-state index is -0.0928. The van der Waals surface area contributed by atoms with Gasteiger partial charge in [0.2, 0.25) is 5.91 Å². The number of methoxy groups -OCH3 is 1. The molecule has 2 fully saturated rings. The van der Waals surface area contributed by atoms with Gasteiger partial charge in [-0.3, -0.25) is 4.79 Å². The number of hydrogen-bond acceptors (Lipinski definition) is 3. The molecule has 16 heavy (non-hydrogen) atoms. The molecule has 0 aromatic carbocycles. The van der Waals surface area contributed by atoms with Crippen molar-refractivity contribution in [3.05, 3.63) is 0 Å². The molecular weight excluding hydrogens is 222 g/mol. The van der Waals surface area contributed by atoms with E-state index in [1.54, 1.807) is 7.11 Å². The highest BCUT2D eigenvalue weighted by molar-refractivity contribution is 7.99. The minimum absolute atomic E-state index is 0.0928. The molecule has 1 heterocycles. The molecule has 1 aliphatic carbocycles. The number of hydrogen-bond donors (Lipinski definition) is 1. The lowest BCUT2D eigenvalue weighted by Crippen LogP contribution is -2.46. The second-order valence-electron chi connectivity index (χ2n) is 4.92. The van der Waals surface area contributed by atoms with Crippen LogP contribution in [0, 0.1) is 5.92 Å². The van der Waals surface area contributed by atoms with Crippen LogP contribution >= 0.6 is 11.8 Å². The van der Waals surface area contributed by atoms with Gasteiger partial charge in [-0.15, -0.1) is 0 Å². The quantitative estimate of drug-likeness (QED) is 0.800. The summed E-state index contributed by atoms with van der Waals surface area (Å²) in [4.78, 5) is 11.6. The lowest BCUT2D eigenvalue weighted by molar-refractivity contribution is -0.123. The molecule has 0 spiro atoms. The van der Waals surface area contributed by atoms with E-state index in [-0.39, 0.29) is 11.5 Å². The Hall–Kier alpha value is -0.220. The Labute approximate surface area is 102 Å². The van der Waals surface area contributed by atoms with E-state index in [4.69, 9.17) is 4.74 Å². The van der Waals surface area contributed by atoms with E-state index in [0.717, 1.165) is 24.3 Å². The number of ether oxygens (including phenoxy) is 1. The third-order valence-electron chi connectivity index (χ3n) is 3.62. The van der Waals surface area contributed by atoms with Crippen LogP contribution in [-0.4, -0.2) is 36.7 Å². The molecule has 0 unspecified atom stereocenters. The maximum atomic E-state index is 11.6. The molecule has 1 amide bonds. The first kappa shape index (κ1) is 12.2. The maximum absolute atomic E-state index is 11.6. The molecule has 4 heteroatoms. The predicted molar refractivity (Wildman–Crippen MR) is 66.6 cm³/mol. The molecule has 1 saturated carbocycles. The molecule has 0 aromatic rings. The van der Waals surface area contributed by atoms with Crippen molar-refractivity contribution in [2.24, 2.45) is 5.92 Å². The number of carbonyl (C=O) groups excluding carboxylic acids is 1. The van der Waals surface area contributed by atoms with Gasteiger partial charge in [0, 0.05) is 20.1 Å². The van der Waals surface area contributed by atoms with E-state index in [1.807, 2.05) is 11.8 Å². The van der Waals surface area contributed by atoms with Gasteiger partial charge in [-0.25, -0.2) is 0 Å². The maximum Gasteiger partial charge on any atom is 0.220 e. The lowest BCUT2D eigenvalue weighted by Gasteiger charge is -2.35. The van der Waals surface area contributed by atoms with Crippen molar-refractivity contribution in [3.8, 4) is 0 Å². The highest BCUT2D eigenvalue weighted by atomic mass is 32.2. The van der Waals surface area contributed by atoms with Gasteiger partial charge >= 0.3 is 0 Å². The second-order valence-corrected chi connectivity index (χ2v) is 6.15. The van der Waals surface area contributed by atoms with Crippen LogP contribution in [0.1, 0.15) is 32.1 Å². The number of carbonyl (C=O) groups is 1. The van der Waals surface area contributed by atoms with Gasteiger partial charge in [0.15, 0.2) is 0 Å². The summed E-state index contributed by atoms with van der Waals surface area (Å²) in [5.74, 6) is 3.16. The van der Waals surface area contributed by atoms with E-state index in [1.165, 1.54) is 12.8 Å². The zero-order chi connectivity index (χ0) is 11.4. The third-order valence-corrected chi connectivity index (χ3v) is 4.60. The van der Waals surface area contributed by atoms with Crippen LogP contribution in [0.5, 0.6) is 0 Å². The SMILES string of the molecule is COC1(CNC(=O)CC2CC2)CCSCC1. The van der Waals surface area contributed by atoms with Crippen LogP contribution in [0.15, 0.2) is 0 Å². The molecule has 0 radical (unpaired) electrons. The van der Waals surface area contributed by atoms with E-state index >= 15 is 0 Å². The number of rotatable bonds is 5. The first-order valence-electron chi connectivity index (χ1n) is 6.14. The Morgan fingerprint density at radius 1 is 1.44 bits per heavy atom. The molecule has 92 valence electrons. The highest BCUT2D eigenvalue weighted by Crippen LogP contribution is 2.32. The van der Waals surface area contributed by atoms with Crippen molar-refractivity contribution < 1.29 is 9.53 Å². The van der Waals surface area contributed by atoms with Crippen LogP contribution in [0.3, 0.4) is 0 Å². The normalized spacial score (nSPS) is 24.1. The monoisotopic (exact) mass is 243 g/mol. The van der Waals surface area contributed by atoms with Gasteiger partial charge in [-0.1, -0.05) is 0 Å². The van der Waals surface area contributed by atoms with E-state index < -0.39 is 0 Å². The zero-order valence-electron chi connectivity index (χ0n) is 9.96. The van der Waals surface area contributed by atoms with Gasteiger partial charge in [0.05, 0.1) is 5.60 Å². The Morgan fingerprint density at radius 2 is 2.12 bits per heavy atom. The summed E-state index contributed by atoms with van der Waals surface area (Å²) in [6, 6.07) is 0. The molecule has 0 atom stereocenters. The standard InChI is InChI=1S/C12H21NO2S/c1-15-12(4-6-16-7-5-12)9-13-11(14)8-10-2-3-10/h10H,2-9H2,1H3,(H,13,14). The summed E-state index contributed by atoms with van der Waals surface area (Å²) >= 11 is 1.97. The van der Waals surface area contributed by atoms with Crippen LogP contribution < -0.4 is 5.32 Å². The van der Waals surface area contributed by atoms with Crippen LogP contribution in [0.25, 0.3) is 0 Å². The van der Waals surface area contributed by atoms with E-state index in [0.29, 0.717) is 18.9 Å². The average Bonchev–Trinajstić information content (AvgIpc) is 3.12. The molecule has 2 aliphatic rings. The second kappa shape index (κ2) is 5.41. The zero-order valence-corrected chi connectivity index (χ0v) is 10.8. The van der Waals surface area contributed by atoms with Crippen molar-refractivity contribution in [1.29, 1.82) is 0 Å². The van der Waals surface area contributed by atoms with Gasteiger partial charge in [0.25, 0.3) is 0 Å². The molecular formula is C12H21NO2S. The minimum Gasteiger partial charge on any atom is -0.376 e. The number of thioether (sulfide) groups is 1. The van der Waals surface area contributed by atoms with Gasteiger partial charge in [0.1, 0.15) is 0 Å². The Bertz CT molecular complexity index is 247. The summed E-state index contributed by atoms with van der Waals surface area (Å²) in [5, 5.41) is 3.04. The van der Waals surface area contributed by atoms with Crippen molar-refractivity contribution in [2.45, 2.75) is 37.7 Å². The van der Waals surface area contributed by atoms with Crippen molar-refractivity contribution in [3.63, 3.8) is 0 Å². The molecule has 2 rings (SSSR count). The van der Waals surface area contributed by atoms with Gasteiger partial charge in [-0.05, 0) is 43.1 Å². The van der Waals surface area contributed by atoms with Gasteiger partial charge < -0.3 is 10.1 Å². The summed E-state index contributed by atoms with van der Waals surface area (Å²) < 4.78 is 5.62. The molecule has 1 saturated heterocycles. The molecule has 3 nitrogen and oxygen atoms in total. The summed E-state index contributed by atoms with van der Waals surface area (Å²) in [5.41, 5.74) is -0.0928. The Morgan fingerprint density at radius 3 is 2.69 bits per heavy atom. The highest BCUT2D eigenvalue weighted by Gasteiger charge is 2.33. The first-order valence-corrected chi connectivity index (χ1v) is 7.29. The van der Waals surface area contributed by atoms with E-state index in [9.17, 15) is 4.79 Å². The fraction of sp³-hybridized carbons (Fsp3) is 0.917. The smallest absolute Gasteiger partial charge is 0.220 e. The predicted octanol–water partition coefficient (Wildman–Crippen LogP) is 1.81. The topological polar surface area (TPSA) is 38.3 Å². The summed E-state index contributed by atoms with van der Waals surface area (Å²) in [7, 11) is 1.77. The average molecular weight is 243 g/mol. The largest absolute Gasteiger partial charge is 0.376 e. The van der Waals surface area contributed by atoms with Crippen molar-refractivity contribution in [2.75, 3.05) is 25.2 Å². The lowest BCUT2D eigenvalue weighted by atomic mass is 9.96. The number of nitrogens with one attached hydrogen (secondary N) is 1. The van der Waals surface area contributed by atoms with Crippen LogP contribution in [0.2, 0.25) is 0 Å². The number of amides is 1.